The quantitative estimate of drug-likeness (QED) is 0.304. The number of aryl methyl sites for hydroxylation is 1. The maximum Gasteiger partial charge on any atom is 0.341 e. The first-order chi connectivity index (χ1) is 19.7. The van der Waals surface area contributed by atoms with Gasteiger partial charge in [-0.05, 0) is 31.5 Å². The second kappa shape index (κ2) is 8.96. The van der Waals surface area contributed by atoms with Crippen molar-refractivity contribution in [2.24, 2.45) is 13.0 Å². The number of aromatic carboxylic acids is 1. The van der Waals surface area contributed by atoms with Gasteiger partial charge >= 0.3 is 5.97 Å². The van der Waals surface area contributed by atoms with Crippen molar-refractivity contribution < 1.29 is 18.7 Å². The van der Waals surface area contributed by atoms with Gasteiger partial charge in [0.1, 0.15) is 16.9 Å². The smallest absolute Gasteiger partial charge is 0.341 e. The zero-order chi connectivity index (χ0) is 28.7. The molecule has 0 spiro atoms. The zero-order valence-electron chi connectivity index (χ0n) is 22.6. The highest BCUT2D eigenvalue weighted by atomic mass is 19.2. The molecule has 5 aromatic rings. The summed E-state index contributed by atoms with van der Waals surface area (Å²) < 4.78 is 31.2. The minimum Gasteiger partial charge on any atom is -0.477 e. The summed E-state index contributed by atoms with van der Waals surface area (Å²) in [4.78, 5) is 41.9. The topological polar surface area (TPSA) is 119 Å². The minimum atomic E-state index is -1.32. The van der Waals surface area contributed by atoms with Gasteiger partial charge in [0.2, 0.25) is 5.43 Å². The number of hydrogen-bond acceptors (Lipinski definition) is 7. The SMILES string of the molecule is CNc1c(F)c(F)cc2c1[nH]c1ncc(-c3cnc4c(c3)c(=O)c(C(=O)O)cn4C)c(N3CCC4CN(C)C[C@H]43)c12. The fraction of sp³-hybridized carbons (Fsp3) is 0.310. The summed E-state index contributed by atoms with van der Waals surface area (Å²) in [6.45, 7) is 2.57. The van der Waals surface area contributed by atoms with E-state index in [4.69, 9.17) is 0 Å². The minimum absolute atomic E-state index is 0.0162. The molecule has 41 heavy (non-hydrogen) atoms. The summed E-state index contributed by atoms with van der Waals surface area (Å²) in [5.74, 6) is -2.82. The standard InChI is InChI=1S/C29H27F2N7O3/c1-32-24-22(31)19(30)7-15-21-25(38-5-4-13-10-36(2)12-20(13)38)17(9-33-27(21)35-23(15)24)14-6-16-26(39)18(29(40)41)11-37(3)28(16)34-8-14/h6-9,11,13,20,32H,4-5,10,12H2,1-3H3,(H,33,35)(H,40,41)/t13?,20-/m1/s1. The largest absolute Gasteiger partial charge is 0.477 e. The van der Waals surface area contributed by atoms with Crippen molar-refractivity contribution >= 4 is 50.3 Å². The number of H-pyrrole nitrogens is 1. The van der Waals surface area contributed by atoms with Gasteiger partial charge in [-0.25, -0.2) is 23.5 Å². The first kappa shape index (κ1) is 25.4. The van der Waals surface area contributed by atoms with Crippen LogP contribution in [0.2, 0.25) is 0 Å². The van der Waals surface area contributed by atoms with Crippen molar-refractivity contribution in [2.75, 3.05) is 43.9 Å². The van der Waals surface area contributed by atoms with Crippen LogP contribution >= 0.6 is 0 Å². The molecule has 12 heteroatoms. The molecule has 2 saturated heterocycles. The molecule has 4 aromatic heterocycles. The number of hydrogen-bond donors (Lipinski definition) is 3. The normalized spacial score (nSPS) is 19.1. The third-order valence-corrected chi connectivity index (χ3v) is 8.61. The van der Waals surface area contributed by atoms with Crippen molar-refractivity contribution in [3.05, 3.63) is 58.1 Å². The van der Waals surface area contributed by atoms with E-state index in [0.717, 1.165) is 31.7 Å². The number of pyridine rings is 3. The van der Waals surface area contributed by atoms with Gasteiger partial charge in [0.15, 0.2) is 11.6 Å². The molecule has 3 N–H and O–H groups in total. The van der Waals surface area contributed by atoms with E-state index < -0.39 is 23.0 Å². The fourth-order valence-electron chi connectivity index (χ4n) is 6.78. The molecule has 10 nitrogen and oxygen atoms in total. The first-order valence-electron chi connectivity index (χ1n) is 13.4. The number of aromatic amines is 1. The predicted molar refractivity (Wildman–Crippen MR) is 153 cm³/mol. The molecule has 2 aliphatic heterocycles. The van der Waals surface area contributed by atoms with Gasteiger partial charge in [-0.3, -0.25) is 4.79 Å². The molecule has 1 unspecified atom stereocenters. The number of rotatable bonds is 4. The Morgan fingerprint density at radius 3 is 2.71 bits per heavy atom. The highest BCUT2D eigenvalue weighted by Gasteiger charge is 2.42. The molecule has 1 aromatic carbocycles. The van der Waals surface area contributed by atoms with E-state index in [1.807, 2.05) is 0 Å². The number of nitrogens with one attached hydrogen (secondary N) is 2. The number of carboxylic acids is 1. The van der Waals surface area contributed by atoms with E-state index in [2.05, 4.69) is 37.1 Å². The Hall–Kier alpha value is -4.58. The maximum absolute atomic E-state index is 14.9. The van der Waals surface area contributed by atoms with Crippen LogP contribution < -0.4 is 15.6 Å². The second-order valence-electron chi connectivity index (χ2n) is 11.0. The molecule has 0 radical (unpaired) electrons. The monoisotopic (exact) mass is 559 g/mol. The van der Waals surface area contributed by atoms with Crippen molar-refractivity contribution in [1.82, 2.24) is 24.4 Å². The predicted octanol–water partition coefficient (Wildman–Crippen LogP) is 3.79. The molecular weight excluding hydrogens is 532 g/mol. The number of carboxylic acid groups (broad SMARTS) is 1. The average Bonchev–Trinajstić information content (AvgIpc) is 3.62. The van der Waals surface area contributed by atoms with Crippen molar-refractivity contribution in [3.8, 4) is 11.1 Å². The number of benzene rings is 1. The highest BCUT2D eigenvalue weighted by molar-refractivity contribution is 6.18. The summed E-state index contributed by atoms with van der Waals surface area (Å²) >= 11 is 0. The molecule has 2 fully saturated rings. The van der Waals surface area contributed by atoms with E-state index >= 15 is 0 Å². The Kier molecular flexibility index (Phi) is 5.55. The summed E-state index contributed by atoms with van der Waals surface area (Å²) in [6, 6.07) is 3.04. The van der Waals surface area contributed by atoms with Crippen molar-refractivity contribution in [3.63, 3.8) is 0 Å². The first-order valence-corrected chi connectivity index (χ1v) is 13.4. The van der Waals surface area contributed by atoms with Crippen LogP contribution in [0.3, 0.4) is 0 Å². The van der Waals surface area contributed by atoms with E-state index in [-0.39, 0.29) is 22.7 Å². The third-order valence-electron chi connectivity index (χ3n) is 8.61. The second-order valence-corrected chi connectivity index (χ2v) is 11.0. The van der Waals surface area contributed by atoms with Crippen LogP contribution in [0.1, 0.15) is 16.8 Å². The van der Waals surface area contributed by atoms with E-state index in [1.54, 1.807) is 25.5 Å². The number of nitrogens with zero attached hydrogens (tertiary/aromatic N) is 5. The average molecular weight is 560 g/mol. The Balaban J connectivity index is 1.56. The lowest BCUT2D eigenvalue weighted by molar-refractivity contribution is 0.0695. The van der Waals surface area contributed by atoms with Gasteiger partial charge in [-0.2, -0.15) is 0 Å². The summed E-state index contributed by atoms with van der Waals surface area (Å²) in [5, 5.41) is 13.7. The Bertz CT molecular complexity index is 1990. The molecule has 7 rings (SSSR count). The molecular formula is C29H27F2N7O3. The zero-order valence-corrected chi connectivity index (χ0v) is 22.6. The van der Waals surface area contributed by atoms with E-state index in [9.17, 15) is 23.5 Å². The lowest BCUT2D eigenvalue weighted by Crippen LogP contribution is -2.35. The number of aromatic nitrogens is 4. The summed E-state index contributed by atoms with van der Waals surface area (Å²) in [6.07, 6.45) is 5.55. The number of likely N-dealkylation sites (tertiary alicyclic amines) is 1. The van der Waals surface area contributed by atoms with Crippen LogP contribution in [0.15, 0.2) is 35.5 Å². The molecule has 0 aliphatic carbocycles. The number of likely N-dealkylation sites (N-methyl/N-ethyl adjacent to an activating group) is 1. The number of fused-ring (bicyclic) bond motifs is 5. The number of carbonyl (C=O) groups is 1. The molecule has 210 valence electrons. The van der Waals surface area contributed by atoms with Gasteiger partial charge in [0, 0.05) is 74.9 Å². The van der Waals surface area contributed by atoms with Crippen molar-refractivity contribution in [1.29, 1.82) is 0 Å². The van der Waals surface area contributed by atoms with Crippen LogP contribution in [-0.2, 0) is 7.05 Å². The lowest BCUT2D eigenvalue weighted by Gasteiger charge is -2.29. The van der Waals surface area contributed by atoms with Crippen LogP contribution in [0.25, 0.3) is 44.1 Å². The Morgan fingerprint density at radius 1 is 1.15 bits per heavy atom. The van der Waals surface area contributed by atoms with Gasteiger partial charge in [0.05, 0.1) is 27.7 Å². The van der Waals surface area contributed by atoms with Gasteiger partial charge in [-0.15, -0.1) is 0 Å². The van der Waals surface area contributed by atoms with E-state index in [1.165, 1.54) is 23.9 Å². The van der Waals surface area contributed by atoms with Crippen LogP contribution in [-0.4, -0.2) is 75.3 Å². The van der Waals surface area contributed by atoms with E-state index in [0.29, 0.717) is 44.6 Å². The Morgan fingerprint density at radius 2 is 1.95 bits per heavy atom. The van der Waals surface area contributed by atoms with Gasteiger partial charge < -0.3 is 29.8 Å². The van der Waals surface area contributed by atoms with Gasteiger partial charge in [-0.1, -0.05) is 0 Å². The molecule has 2 aliphatic rings. The molecule has 2 atom stereocenters. The molecule has 0 saturated carbocycles. The molecule has 0 amide bonds. The van der Waals surface area contributed by atoms with Gasteiger partial charge in [0.25, 0.3) is 0 Å². The van der Waals surface area contributed by atoms with Crippen LogP contribution in [0, 0.1) is 17.6 Å². The van der Waals surface area contributed by atoms with Crippen LogP contribution in [0.5, 0.6) is 0 Å². The molecule has 6 heterocycles. The number of halogens is 2. The van der Waals surface area contributed by atoms with Crippen LogP contribution in [0.4, 0.5) is 20.2 Å². The molecule has 0 bridgehead atoms. The lowest BCUT2D eigenvalue weighted by atomic mass is 9.99. The Labute approximate surface area is 232 Å². The third kappa shape index (κ3) is 3.63. The maximum atomic E-state index is 14.9. The fourth-order valence-corrected chi connectivity index (χ4v) is 6.78. The number of anilines is 2. The highest BCUT2D eigenvalue weighted by Crippen LogP contribution is 2.46. The summed E-state index contributed by atoms with van der Waals surface area (Å²) in [7, 11) is 5.26. The van der Waals surface area contributed by atoms with Crippen molar-refractivity contribution in [2.45, 2.75) is 12.5 Å². The summed E-state index contributed by atoms with van der Waals surface area (Å²) in [5.41, 5.74) is 2.31.